The number of halogens is 1. The van der Waals surface area contributed by atoms with Crippen LogP contribution < -0.4 is 0 Å². The molecule has 0 fully saturated rings. The molecule has 0 saturated carbocycles. The van der Waals surface area contributed by atoms with Crippen LogP contribution >= 0.6 is 0 Å². The lowest BCUT2D eigenvalue weighted by atomic mass is 10.2. The number of benzene rings is 1. The summed E-state index contributed by atoms with van der Waals surface area (Å²) in [4.78, 5) is 13.1. The van der Waals surface area contributed by atoms with Gasteiger partial charge in [0.05, 0.1) is 16.4 Å². The van der Waals surface area contributed by atoms with Crippen LogP contribution in [0.1, 0.15) is 16.8 Å². The topological polar surface area (TPSA) is 57.6 Å². The Bertz CT molecular complexity index is 463. The van der Waals surface area contributed by atoms with Crippen molar-refractivity contribution >= 4 is 16.8 Å². The molecular weight excluding hydrogens is 257 g/mol. The van der Waals surface area contributed by atoms with Crippen molar-refractivity contribution in [3.05, 3.63) is 29.6 Å². The first-order valence-electron chi connectivity index (χ1n) is 5.47. The number of rotatable bonds is 6. The van der Waals surface area contributed by atoms with Crippen LogP contribution in [0.3, 0.4) is 0 Å². The molecule has 0 heterocycles. The van der Waals surface area contributed by atoms with Gasteiger partial charge in [0.15, 0.2) is 0 Å². The summed E-state index contributed by atoms with van der Waals surface area (Å²) in [7, 11) is 2.55. The van der Waals surface area contributed by atoms with E-state index in [9.17, 15) is 13.4 Å². The van der Waals surface area contributed by atoms with E-state index in [-0.39, 0.29) is 0 Å². The van der Waals surface area contributed by atoms with Crippen molar-refractivity contribution in [3.8, 4) is 0 Å². The van der Waals surface area contributed by atoms with Gasteiger partial charge in [0.1, 0.15) is 5.82 Å². The number of carboxylic acids is 1. The molecule has 1 unspecified atom stereocenters. The van der Waals surface area contributed by atoms with Crippen LogP contribution in [0, 0.1) is 5.82 Å². The van der Waals surface area contributed by atoms with E-state index in [4.69, 9.17) is 5.11 Å². The molecule has 1 atom stereocenters. The minimum atomic E-state index is -1.35. The predicted octanol–water partition coefficient (Wildman–Crippen LogP) is 1.58. The van der Waals surface area contributed by atoms with Gasteiger partial charge >= 0.3 is 5.97 Å². The van der Waals surface area contributed by atoms with Gasteiger partial charge in [0, 0.05) is 10.6 Å². The van der Waals surface area contributed by atoms with Crippen molar-refractivity contribution in [2.24, 2.45) is 0 Å². The third-order valence-electron chi connectivity index (χ3n) is 2.37. The van der Waals surface area contributed by atoms with Gasteiger partial charge in [-0.3, -0.25) is 4.21 Å². The zero-order chi connectivity index (χ0) is 13.7. The van der Waals surface area contributed by atoms with Gasteiger partial charge in [-0.25, -0.2) is 9.18 Å². The molecule has 100 valence electrons. The Labute approximate surface area is 108 Å². The zero-order valence-electron chi connectivity index (χ0n) is 10.4. The predicted molar refractivity (Wildman–Crippen MR) is 67.8 cm³/mol. The van der Waals surface area contributed by atoms with Gasteiger partial charge < -0.3 is 10.0 Å². The summed E-state index contributed by atoms with van der Waals surface area (Å²) < 4.78 is 25.0. The number of nitrogens with zero attached hydrogens (tertiary/aromatic N) is 1. The molecule has 6 heteroatoms. The average Bonchev–Trinajstić information content (AvgIpc) is 2.28. The zero-order valence-corrected chi connectivity index (χ0v) is 11.2. The maximum absolute atomic E-state index is 13.2. The average molecular weight is 273 g/mol. The fourth-order valence-electron chi connectivity index (χ4n) is 1.44. The fourth-order valence-corrected chi connectivity index (χ4v) is 2.54. The molecule has 1 N–H and O–H groups in total. The molecule has 0 aromatic heterocycles. The van der Waals surface area contributed by atoms with Crippen LogP contribution in [0.4, 0.5) is 4.39 Å². The number of carboxylic acid groups (broad SMARTS) is 1. The first-order valence-corrected chi connectivity index (χ1v) is 6.79. The Morgan fingerprint density at radius 2 is 2.11 bits per heavy atom. The quantitative estimate of drug-likeness (QED) is 0.855. The summed E-state index contributed by atoms with van der Waals surface area (Å²) >= 11 is 0. The monoisotopic (exact) mass is 273 g/mol. The molecule has 0 aliphatic carbocycles. The summed E-state index contributed by atoms with van der Waals surface area (Å²) in [6, 6.07) is 3.56. The van der Waals surface area contributed by atoms with Crippen molar-refractivity contribution in [1.29, 1.82) is 0 Å². The number of aromatic carboxylic acids is 1. The Balaban J connectivity index is 2.74. The molecular formula is C12H16FNO3S. The Hall–Kier alpha value is -1.27. The lowest BCUT2D eigenvalue weighted by Gasteiger charge is -2.09. The lowest BCUT2D eigenvalue weighted by molar-refractivity contribution is 0.0691. The lowest BCUT2D eigenvalue weighted by Crippen LogP contribution is -2.15. The maximum Gasteiger partial charge on any atom is 0.338 e. The minimum Gasteiger partial charge on any atom is -0.478 e. The molecule has 1 aromatic rings. The van der Waals surface area contributed by atoms with E-state index in [1.807, 2.05) is 19.0 Å². The molecule has 1 aromatic carbocycles. The Kier molecular flexibility index (Phi) is 5.43. The van der Waals surface area contributed by atoms with E-state index in [0.717, 1.165) is 25.1 Å². The number of carbonyl (C=O) groups is 1. The number of hydrogen-bond donors (Lipinski definition) is 1. The standard InChI is InChI=1S/C12H16FNO3S/c1-14(2)6-3-7-18(17)9-4-5-11(13)10(8-9)12(15)16/h4-5,8H,3,6-7H2,1-2H3,(H,15,16). The summed E-state index contributed by atoms with van der Waals surface area (Å²) in [5, 5.41) is 8.78. The van der Waals surface area contributed by atoms with Crippen LogP contribution in [-0.4, -0.2) is 46.6 Å². The van der Waals surface area contributed by atoms with E-state index >= 15 is 0 Å². The summed E-state index contributed by atoms with van der Waals surface area (Å²) in [5.41, 5.74) is -0.437. The van der Waals surface area contributed by atoms with Gasteiger partial charge in [0.2, 0.25) is 0 Å². The molecule has 4 nitrogen and oxygen atoms in total. The van der Waals surface area contributed by atoms with Gasteiger partial charge in [-0.15, -0.1) is 0 Å². The SMILES string of the molecule is CN(C)CCCS(=O)c1ccc(F)c(C(=O)O)c1. The molecule has 0 saturated heterocycles. The fraction of sp³-hybridized carbons (Fsp3) is 0.417. The molecule has 0 bridgehead atoms. The summed E-state index contributed by atoms with van der Waals surface area (Å²) in [6.07, 6.45) is 0.736. The van der Waals surface area contributed by atoms with Crippen LogP contribution in [0.2, 0.25) is 0 Å². The van der Waals surface area contributed by atoms with Crippen molar-refractivity contribution in [3.63, 3.8) is 0 Å². The first-order chi connectivity index (χ1) is 8.41. The summed E-state index contributed by atoms with van der Waals surface area (Å²) in [5.74, 6) is -1.72. The van der Waals surface area contributed by atoms with Gasteiger partial charge in [-0.2, -0.15) is 0 Å². The van der Waals surface area contributed by atoms with Crippen LogP contribution in [-0.2, 0) is 10.8 Å². The van der Waals surface area contributed by atoms with E-state index in [2.05, 4.69) is 0 Å². The third-order valence-corrected chi connectivity index (χ3v) is 3.81. The molecule has 0 amide bonds. The molecule has 0 radical (unpaired) electrons. The molecule has 0 spiro atoms. The summed E-state index contributed by atoms with van der Waals surface area (Å²) in [6.45, 7) is 0.804. The van der Waals surface area contributed by atoms with Crippen molar-refractivity contribution in [1.82, 2.24) is 4.90 Å². The molecule has 0 aliphatic rings. The largest absolute Gasteiger partial charge is 0.478 e. The van der Waals surface area contributed by atoms with E-state index in [1.165, 1.54) is 6.07 Å². The van der Waals surface area contributed by atoms with Crippen molar-refractivity contribution in [2.75, 3.05) is 26.4 Å². The van der Waals surface area contributed by atoms with E-state index < -0.39 is 28.1 Å². The molecule has 1 rings (SSSR count). The molecule has 0 aliphatic heterocycles. The Morgan fingerprint density at radius 1 is 1.44 bits per heavy atom. The second-order valence-electron chi connectivity index (χ2n) is 4.15. The first kappa shape index (κ1) is 14.8. The highest BCUT2D eigenvalue weighted by atomic mass is 32.2. The van der Waals surface area contributed by atoms with Gasteiger partial charge in [0.25, 0.3) is 0 Å². The van der Waals surface area contributed by atoms with Crippen LogP contribution in [0.25, 0.3) is 0 Å². The van der Waals surface area contributed by atoms with Gasteiger partial charge in [-0.1, -0.05) is 0 Å². The van der Waals surface area contributed by atoms with E-state index in [1.54, 1.807) is 0 Å². The maximum atomic E-state index is 13.2. The van der Waals surface area contributed by atoms with Crippen molar-refractivity contribution < 1.29 is 18.5 Å². The van der Waals surface area contributed by atoms with Crippen molar-refractivity contribution in [2.45, 2.75) is 11.3 Å². The van der Waals surface area contributed by atoms with Gasteiger partial charge in [-0.05, 0) is 45.3 Å². The normalized spacial score (nSPS) is 12.7. The second kappa shape index (κ2) is 6.61. The highest BCUT2D eigenvalue weighted by Gasteiger charge is 2.13. The van der Waals surface area contributed by atoms with Crippen LogP contribution in [0.5, 0.6) is 0 Å². The number of hydrogen-bond acceptors (Lipinski definition) is 3. The smallest absolute Gasteiger partial charge is 0.338 e. The minimum absolute atomic E-state index is 0.354. The Morgan fingerprint density at radius 3 is 2.67 bits per heavy atom. The molecule has 18 heavy (non-hydrogen) atoms. The van der Waals surface area contributed by atoms with Crippen LogP contribution in [0.15, 0.2) is 23.1 Å². The second-order valence-corrected chi connectivity index (χ2v) is 5.72. The van der Waals surface area contributed by atoms with E-state index in [0.29, 0.717) is 10.6 Å². The third kappa shape index (κ3) is 4.19. The highest BCUT2D eigenvalue weighted by molar-refractivity contribution is 7.85. The highest BCUT2D eigenvalue weighted by Crippen LogP contribution is 2.14.